The number of carbonyl (C=O) groups is 1. The molecule has 0 bridgehead atoms. The first-order valence-electron chi connectivity index (χ1n) is 9.32. The molecule has 1 aliphatic heterocycles. The summed E-state index contributed by atoms with van der Waals surface area (Å²) < 4.78 is 0. The minimum Gasteiger partial charge on any atom is -0.353 e. The first-order valence-corrected chi connectivity index (χ1v) is 10.1. The molecule has 0 aromatic carbocycles. The maximum atomic E-state index is 12.5. The van der Waals surface area contributed by atoms with Gasteiger partial charge in [-0.1, -0.05) is 0 Å². The first-order chi connectivity index (χ1) is 13.2. The van der Waals surface area contributed by atoms with Crippen LogP contribution in [0.2, 0.25) is 0 Å². The number of anilines is 2. The summed E-state index contributed by atoms with van der Waals surface area (Å²) in [5.41, 5.74) is 1.83. The second-order valence-electron chi connectivity index (χ2n) is 6.90. The third kappa shape index (κ3) is 3.94. The molecule has 0 radical (unpaired) electrons. The van der Waals surface area contributed by atoms with Crippen LogP contribution in [0, 0.1) is 11.3 Å². The van der Waals surface area contributed by atoms with Crippen molar-refractivity contribution in [3.8, 4) is 6.07 Å². The Labute approximate surface area is 162 Å². The fourth-order valence-corrected chi connectivity index (χ4v) is 4.99. The average molecular weight is 382 g/mol. The monoisotopic (exact) mass is 382 g/mol. The molecule has 0 saturated carbocycles. The number of carbonyl (C=O) groups excluding carboxylic acids is 1. The van der Waals surface area contributed by atoms with Gasteiger partial charge in [0.05, 0.1) is 18.3 Å². The number of aryl methyl sites for hydroxylation is 1. The number of amides is 1. The number of rotatable bonds is 4. The van der Waals surface area contributed by atoms with E-state index in [1.165, 1.54) is 11.3 Å². The molecule has 2 aliphatic rings. The van der Waals surface area contributed by atoms with Gasteiger partial charge in [0.25, 0.3) is 0 Å². The molecule has 2 aromatic rings. The zero-order valence-corrected chi connectivity index (χ0v) is 16.0. The van der Waals surface area contributed by atoms with Crippen molar-refractivity contribution in [2.75, 3.05) is 42.9 Å². The Balaban J connectivity index is 1.33. The molecule has 1 aliphatic carbocycles. The third-order valence-corrected chi connectivity index (χ3v) is 6.36. The second-order valence-corrected chi connectivity index (χ2v) is 8.01. The number of hydrogen-bond acceptors (Lipinski definition) is 7. The molecule has 0 unspecified atom stereocenters. The summed E-state index contributed by atoms with van der Waals surface area (Å²) in [6.45, 7) is 3.60. The molecule has 1 fully saturated rings. The first kappa shape index (κ1) is 17.9. The summed E-state index contributed by atoms with van der Waals surface area (Å²) >= 11 is 1.58. The largest absolute Gasteiger partial charge is 0.353 e. The standard InChI is InChI=1S/C19H22N6OS/c20-11-15-14-3-1-2-4-16(14)27-19(15)23-18(26)13-24-7-9-25(10-8-24)17-12-21-5-6-22-17/h5-6,12H,1-4,7-10,13H2,(H,23,26). The maximum Gasteiger partial charge on any atom is 0.239 e. The van der Waals surface area contributed by atoms with Crippen LogP contribution in [-0.4, -0.2) is 53.5 Å². The highest BCUT2D eigenvalue weighted by Gasteiger charge is 2.24. The van der Waals surface area contributed by atoms with E-state index < -0.39 is 0 Å². The topological polar surface area (TPSA) is 85.2 Å². The fraction of sp³-hybridized carbons (Fsp3) is 0.474. The van der Waals surface area contributed by atoms with E-state index in [0.29, 0.717) is 12.1 Å². The smallest absolute Gasteiger partial charge is 0.239 e. The zero-order valence-electron chi connectivity index (χ0n) is 15.1. The molecule has 2 aromatic heterocycles. The summed E-state index contributed by atoms with van der Waals surface area (Å²) in [5.74, 6) is 0.836. The van der Waals surface area contributed by atoms with E-state index >= 15 is 0 Å². The van der Waals surface area contributed by atoms with E-state index in [1.807, 2.05) is 0 Å². The summed E-state index contributed by atoms with van der Waals surface area (Å²) in [4.78, 5) is 26.6. The van der Waals surface area contributed by atoms with Crippen molar-refractivity contribution >= 4 is 28.1 Å². The highest BCUT2D eigenvalue weighted by atomic mass is 32.1. The summed E-state index contributed by atoms with van der Waals surface area (Å²) in [5, 5.41) is 13.2. The van der Waals surface area contributed by atoms with Gasteiger partial charge in [-0.2, -0.15) is 5.26 Å². The molecule has 1 amide bonds. The molecule has 4 rings (SSSR count). The van der Waals surface area contributed by atoms with Gasteiger partial charge in [0, 0.05) is 43.4 Å². The van der Waals surface area contributed by atoms with Crippen LogP contribution in [0.3, 0.4) is 0 Å². The normalized spacial score (nSPS) is 17.2. The van der Waals surface area contributed by atoms with Crippen LogP contribution in [0.5, 0.6) is 0 Å². The van der Waals surface area contributed by atoms with E-state index in [-0.39, 0.29) is 5.91 Å². The molecule has 0 atom stereocenters. The van der Waals surface area contributed by atoms with Crippen molar-refractivity contribution in [1.82, 2.24) is 14.9 Å². The number of thiophene rings is 1. The number of hydrogen-bond donors (Lipinski definition) is 1. The van der Waals surface area contributed by atoms with E-state index in [0.717, 1.165) is 61.8 Å². The SMILES string of the molecule is N#Cc1c(NC(=O)CN2CCN(c3cnccn3)CC2)sc2c1CCCC2. The van der Waals surface area contributed by atoms with Crippen LogP contribution in [0.15, 0.2) is 18.6 Å². The molecule has 7 nitrogen and oxygen atoms in total. The lowest BCUT2D eigenvalue weighted by Gasteiger charge is -2.34. The Kier molecular flexibility index (Phi) is 5.32. The van der Waals surface area contributed by atoms with Crippen molar-refractivity contribution in [2.24, 2.45) is 0 Å². The highest BCUT2D eigenvalue weighted by Crippen LogP contribution is 2.37. The van der Waals surface area contributed by atoms with Crippen molar-refractivity contribution < 1.29 is 4.79 Å². The van der Waals surface area contributed by atoms with Crippen molar-refractivity contribution in [2.45, 2.75) is 25.7 Å². The highest BCUT2D eigenvalue weighted by molar-refractivity contribution is 7.16. The predicted octanol–water partition coefficient (Wildman–Crippen LogP) is 2.05. The number of nitrogens with zero attached hydrogens (tertiary/aromatic N) is 5. The van der Waals surface area contributed by atoms with Crippen molar-refractivity contribution in [3.63, 3.8) is 0 Å². The molecule has 0 spiro atoms. The minimum absolute atomic E-state index is 0.0435. The molecule has 8 heteroatoms. The summed E-state index contributed by atoms with van der Waals surface area (Å²) in [7, 11) is 0. The van der Waals surface area contributed by atoms with Gasteiger partial charge in [-0.15, -0.1) is 11.3 Å². The number of nitrogens with one attached hydrogen (secondary N) is 1. The third-order valence-electron chi connectivity index (χ3n) is 5.15. The Morgan fingerprint density at radius 2 is 2.04 bits per heavy atom. The Morgan fingerprint density at radius 1 is 1.22 bits per heavy atom. The van der Waals surface area contributed by atoms with Crippen molar-refractivity contribution in [3.05, 3.63) is 34.6 Å². The van der Waals surface area contributed by atoms with E-state index in [4.69, 9.17) is 0 Å². The number of aromatic nitrogens is 2. The van der Waals surface area contributed by atoms with E-state index in [1.54, 1.807) is 29.9 Å². The van der Waals surface area contributed by atoms with E-state index in [2.05, 4.69) is 31.2 Å². The molecule has 140 valence electrons. The quantitative estimate of drug-likeness (QED) is 0.871. The van der Waals surface area contributed by atoms with Gasteiger partial charge in [-0.25, -0.2) is 4.98 Å². The lowest BCUT2D eigenvalue weighted by molar-refractivity contribution is -0.117. The van der Waals surface area contributed by atoms with Crippen LogP contribution in [-0.2, 0) is 17.6 Å². The number of fused-ring (bicyclic) bond motifs is 1. The van der Waals surface area contributed by atoms with Crippen LogP contribution in [0.25, 0.3) is 0 Å². The number of nitriles is 1. The zero-order chi connectivity index (χ0) is 18.6. The second kappa shape index (κ2) is 8.03. The molecular weight excluding hydrogens is 360 g/mol. The van der Waals surface area contributed by atoms with Crippen LogP contribution < -0.4 is 10.2 Å². The molecule has 1 N–H and O–H groups in total. The summed E-state index contributed by atoms with van der Waals surface area (Å²) in [6.07, 6.45) is 9.41. The number of piperazine rings is 1. The van der Waals surface area contributed by atoms with Gasteiger partial charge in [0.2, 0.25) is 5.91 Å². The van der Waals surface area contributed by atoms with Crippen LogP contribution >= 0.6 is 11.3 Å². The Morgan fingerprint density at radius 3 is 2.78 bits per heavy atom. The van der Waals surface area contributed by atoms with Gasteiger partial charge in [0.1, 0.15) is 16.9 Å². The minimum atomic E-state index is -0.0435. The molecule has 1 saturated heterocycles. The fourth-order valence-electron chi connectivity index (χ4n) is 3.73. The van der Waals surface area contributed by atoms with Gasteiger partial charge in [0.15, 0.2) is 0 Å². The molecular formula is C19H22N6OS. The molecule has 27 heavy (non-hydrogen) atoms. The Bertz CT molecular complexity index is 851. The van der Waals surface area contributed by atoms with Crippen molar-refractivity contribution in [1.29, 1.82) is 5.26 Å². The van der Waals surface area contributed by atoms with Gasteiger partial charge < -0.3 is 10.2 Å². The van der Waals surface area contributed by atoms with Crippen LogP contribution in [0.4, 0.5) is 10.8 Å². The maximum absolute atomic E-state index is 12.5. The average Bonchev–Trinajstić information content (AvgIpc) is 3.06. The lowest BCUT2D eigenvalue weighted by Crippen LogP contribution is -2.48. The lowest BCUT2D eigenvalue weighted by atomic mass is 9.96. The van der Waals surface area contributed by atoms with Gasteiger partial charge in [-0.3, -0.25) is 14.7 Å². The van der Waals surface area contributed by atoms with Crippen LogP contribution in [0.1, 0.15) is 28.8 Å². The Hall–Kier alpha value is -2.50. The predicted molar refractivity (Wildman–Crippen MR) is 105 cm³/mol. The summed E-state index contributed by atoms with van der Waals surface area (Å²) in [6, 6.07) is 2.30. The van der Waals surface area contributed by atoms with Gasteiger partial charge >= 0.3 is 0 Å². The molecule has 3 heterocycles. The van der Waals surface area contributed by atoms with Gasteiger partial charge in [-0.05, 0) is 31.2 Å². The van der Waals surface area contributed by atoms with E-state index in [9.17, 15) is 10.1 Å².